The van der Waals surface area contributed by atoms with Crippen LogP contribution >= 0.6 is 7.82 Å². The van der Waals surface area contributed by atoms with Crippen molar-refractivity contribution in [2.75, 3.05) is 19.8 Å². The van der Waals surface area contributed by atoms with E-state index < -0.39 is 57.6 Å². The van der Waals surface area contributed by atoms with Gasteiger partial charge in [-0.1, -0.05) is 142 Å². The van der Waals surface area contributed by atoms with Gasteiger partial charge in [-0.15, -0.1) is 0 Å². The number of phosphoric ester groups is 1. The first kappa shape index (κ1) is 44.5. The lowest BCUT2D eigenvalue weighted by Gasteiger charge is -2.18. The average molecular weight is 680 g/mol. The molecule has 272 valence electrons. The van der Waals surface area contributed by atoms with Crippen molar-refractivity contribution in [3.63, 3.8) is 0 Å². The van der Waals surface area contributed by atoms with Gasteiger partial charge in [-0.2, -0.15) is 0 Å². The maximum absolute atomic E-state index is 12.2. The van der Waals surface area contributed by atoms with Crippen molar-refractivity contribution in [3.05, 3.63) is 0 Å². The Labute approximate surface area is 278 Å². The molecule has 0 rings (SSSR count). The van der Waals surface area contributed by atoms with E-state index in [1.54, 1.807) is 0 Å². The summed E-state index contributed by atoms with van der Waals surface area (Å²) in [7, 11) is -4.72. The second-order valence-corrected chi connectivity index (χ2v) is 13.9. The number of carboxylic acids is 1. The quantitative estimate of drug-likeness (QED) is 0.0297. The summed E-state index contributed by atoms with van der Waals surface area (Å²) in [6.07, 6.45) is 25.6. The smallest absolute Gasteiger partial charge is 0.472 e. The molecule has 46 heavy (non-hydrogen) atoms. The van der Waals surface area contributed by atoms with Crippen molar-refractivity contribution < 1.29 is 47.8 Å². The lowest BCUT2D eigenvalue weighted by molar-refractivity contribution is -0.147. The predicted octanol–water partition coefficient (Wildman–Crippen LogP) is 8.00. The third-order valence-electron chi connectivity index (χ3n) is 7.90. The molecule has 0 fully saturated rings. The van der Waals surface area contributed by atoms with E-state index in [4.69, 9.17) is 9.26 Å². The van der Waals surface area contributed by atoms with E-state index in [0.717, 1.165) is 25.7 Å². The highest BCUT2D eigenvalue weighted by molar-refractivity contribution is 7.47. The van der Waals surface area contributed by atoms with E-state index in [9.17, 15) is 34.1 Å². The molecule has 0 aromatic carbocycles. The fourth-order valence-electron chi connectivity index (χ4n) is 5.00. The summed E-state index contributed by atoms with van der Waals surface area (Å²) >= 11 is 0. The summed E-state index contributed by atoms with van der Waals surface area (Å²) in [6.45, 7) is 2.29. The Hall–Kier alpha value is -1.52. The van der Waals surface area contributed by atoms with Gasteiger partial charge in [-0.05, 0) is 12.8 Å². The first-order chi connectivity index (χ1) is 22.1. The van der Waals surface area contributed by atoms with Crippen LogP contribution in [0.5, 0.6) is 0 Å². The van der Waals surface area contributed by atoms with Gasteiger partial charge < -0.3 is 25.2 Å². The van der Waals surface area contributed by atoms with Crippen LogP contribution in [0.3, 0.4) is 0 Å². The third-order valence-corrected chi connectivity index (χ3v) is 8.85. The summed E-state index contributed by atoms with van der Waals surface area (Å²) < 4.78 is 26.3. The van der Waals surface area contributed by atoms with E-state index in [1.807, 2.05) is 6.92 Å². The molecule has 0 aromatic rings. The van der Waals surface area contributed by atoms with Gasteiger partial charge in [0.05, 0.1) is 13.2 Å². The molecule has 0 saturated heterocycles. The van der Waals surface area contributed by atoms with Crippen LogP contribution in [0.1, 0.15) is 168 Å². The largest absolute Gasteiger partial charge is 0.480 e. The van der Waals surface area contributed by atoms with E-state index in [0.29, 0.717) is 12.8 Å². The van der Waals surface area contributed by atoms with Crippen LogP contribution in [-0.4, -0.2) is 64.9 Å². The molecule has 0 aliphatic heterocycles. The second kappa shape index (κ2) is 30.8. The standard InChI is InChI=1S/C34H66NO10P/c1-3-5-7-8-9-10-11-12-13-14-15-16-17-18-19-20-21-22-23-24-25-32(37)35-31(34(39)40)29-45-46(41,42)44-28-30(36)27-43-33(38)26-6-4-2/h30-31,36H,3-29H2,1-2H3,(H,35,37)(H,39,40)(H,41,42). The molecule has 3 atom stereocenters. The number of carbonyl (C=O) groups is 3. The molecular weight excluding hydrogens is 613 g/mol. The average Bonchev–Trinajstić information content (AvgIpc) is 3.02. The van der Waals surface area contributed by atoms with Crippen molar-refractivity contribution in [2.24, 2.45) is 0 Å². The van der Waals surface area contributed by atoms with Crippen molar-refractivity contribution in [1.82, 2.24) is 5.32 Å². The number of nitrogens with one attached hydrogen (secondary N) is 1. The van der Waals surface area contributed by atoms with Gasteiger partial charge in [0.15, 0.2) is 6.04 Å². The van der Waals surface area contributed by atoms with Crippen LogP contribution in [0, 0.1) is 0 Å². The monoisotopic (exact) mass is 679 g/mol. The van der Waals surface area contributed by atoms with Crippen molar-refractivity contribution >= 4 is 25.7 Å². The molecule has 3 unspecified atom stereocenters. The van der Waals surface area contributed by atoms with Gasteiger partial charge in [-0.3, -0.25) is 18.6 Å². The van der Waals surface area contributed by atoms with Gasteiger partial charge >= 0.3 is 19.8 Å². The van der Waals surface area contributed by atoms with Crippen LogP contribution in [-0.2, 0) is 32.7 Å². The normalized spacial score (nSPS) is 14.0. The van der Waals surface area contributed by atoms with Crippen LogP contribution in [0.15, 0.2) is 0 Å². The lowest BCUT2D eigenvalue weighted by atomic mass is 10.0. The van der Waals surface area contributed by atoms with Crippen LogP contribution in [0.2, 0.25) is 0 Å². The number of aliphatic carboxylic acids is 1. The number of phosphoric acid groups is 1. The minimum Gasteiger partial charge on any atom is -0.480 e. The van der Waals surface area contributed by atoms with E-state index >= 15 is 0 Å². The van der Waals surface area contributed by atoms with E-state index in [2.05, 4.69) is 16.8 Å². The molecule has 0 spiro atoms. The Morgan fingerprint density at radius 1 is 0.609 bits per heavy atom. The highest BCUT2D eigenvalue weighted by atomic mass is 31.2. The highest BCUT2D eigenvalue weighted by Gasteiger charge is 2.28. The minimum absolute atomic E-state index is 0.152. The number of amides is 1. The molecule has 1 amide bonds. The summed E-state index contributed by atoms with van der Waals surface area (Å²) in [4.78, 5) is 45.0. The zero-order valence-electron chi connectivity index (χ0n) is 28.9. The third kappa shape index (κ3) is 29.9. The summed E-state index contributed by atoms with van der Waals surface area (Å²) in [5.41, 5.74) is 0. The summed E-state index contributed by atoms with van der Waals surface area (Å²) in [6, 6.07) is -1.54. The molecule has 0 aliphatic carbocycles. The topological polar surface area (TPSA) is 169 Å². The number of carboxylic acid groups (broad SMARTS) is 1. The number of unbranched alkanes of at least 4 members (excludes halogenated alkanes) is 20. The number of hydrogen-bond donors (Lipinski definition) is 4. The maximum Gasteiger partial charge on any atom is 0.472 e. The van der Waals surface area contributed by atoms with Crippen LogP contribution in [0.25, 0.3) is 0 Å². The van der Waals surface area contributed by atoms with Gasteiger partial charge in [-0.25, -0.2) is 9.36 Å². The Balaban J connectivity index is 3.80. The van der Waals surface area contributed by atoms with Gasteiger partial charge in [0, 0.05) is 12.8 Å². The van der Waals surface area contributed by atoms with Crippen molar-refractivity contribution in [1.29, 1.82) is 0 Å². The number of rotatable bonds is 34. The Morgan fingerprint density at radius 2 is 1.02 bits per heavy atom. The fourth-order valence-corrected chi connectivity index (χ4v) is 5.77. The number of aliphatic hydroxyl groups excluding tert-OH is 1. The van der Waals surface area contributed by atoms with Crippen molar-refractivity contribution in [2.45, 2.75) is 180 Å². The Bertz CT molecular complexity index is 813. The maximum atomic E-state index is 12.2. The van der Waals surface area contributed by atoms with E-state index in [-0.39, 0.29) is 12.8 Å². The molecule has 11 nitrogen and oxygen atoms in total. The van der Waals surface area contributed by atoms with Gasteiger partial charge in [0.25, 0.3) is 0 Å². The number of ether oxygens (including phenoxy) is 1. The Kier molecular flexibility index (Phi) is 29.8. The van der Waals surface area contributed by atoms with Crippen LogP contribution in [0.4, 0.5) is 0 Å². The zero-order chi connectivity index (χ0) is 34.3. The van der Waals surface area contributed by atoms with Gasteiger partial charge in [0.1, 0.15) is 12.7 Å². The molecule has 12 heteroatoms. The van der Waals surface area contributed by atoms with Gasteiger partial charge in [0.2, 0.25) is 5.91 Å². The predicted molar refractivity (Wildman–Crippen MR) is 180 cm³/mol. The zero-order valence-corrected chi connectivity index (χ0v) is 29.8. The number of aliphatic hydroxyl groups is 1. The first-order valence-corrected chi connectivity index (χ1v) is 19.6. The SMILES string of the molecule is CCCCCCCCCCCCCCCCCCCCCCC(=O)NC(COP(=O)(O)OCC(O)COC(=O)CCCC)C(=O)O. The second-order valence-electron chi connectivity index (χ2n) is 12.4. The van der Waals surface area contributed by atoms with Crippen LogP contribution < -0.4 is 5.32 Å². The summed E-state index contributed by atoms with van der Waals surface area (Å²) in [5, 5.41) is 21.5. The molecule has 0 aliphatic rings. The molecular formula is C34H66NO10P. The molecule has 4 N–H and O–H groups in total. The van der Waals surface area contributed by atoms with Crippen molar-refractivity contribution in [3.8, 4) is 0 Å². The highest BCUT2D eigenvalue weighted by Crippen LogP contribution is 2.43. The lowest BCUT2D eigenvalue weighted by Crippen LogP contribution is -2.43. The Morgan fingerprint density at radius 3 is 1.46 bits per heavy atom. The molecule has 0 radical (unpaired) electrons. The summed E-state index contributed by atoms with van der Waals surface area (Å²) in [5.74, 6) is -2.40. The molecule has 0 bridgehead atoms. The van der Waals surface area contributed by atoms with E-state index in [1.165, 1.54) is 103 Å². The molecule has 0 aromatic heterocycles. The molecule has 0 heterocycles. The number of carbonyl (C=O) groups excluding carboxylic acids is 2. The minimum atomic E-state index is -4.72. The number of hydrogen-bond acceptors (Lipinski definition) is 8. The molecule has 0 saturated carbocycles. The number of esters is 1. The fraction of sp³-hybridized carbons (Fsp3) is 0.912. The first-order valence-electron chi connectivity index (χ1n) is 18.1.